The molecule has 2 fully saturated rings. The average molecular weight is 575 g/mol. The van der Waals surface area contributed by atoms with Crippen LogP contribution in [0.5, 0.6) is 6.01 Å². The van der Waals surface area contributed by atoms with Crippen LogP contribution in [0.25, 0.3) is 21.8 Å². The Morgan fingerprint density at radius 1 is 1.17 bits per heavy atom. The fraction of sp³-hybridized carbons (Fsp3) is 0.433. The van der Waals surface area contributed by atoms with E-state index < -0.39 is 11.7 Å². The molecule has 6 rings (SSSR count). The van der Waals surface area contributed by atoms with E-state index in [-0.39, 0.29) is 42.0 Å². The first kappa shape index (κ1) is 27.8. The van der Waals surface area contributed by atoms with E-state index in [0.29, 0.717) is 27.5 Å². The van der Waals surface area contributed by atoms with E-state index in [1.807, 2.05) is 6.07 Å². The van der Waals surface area contributed by atoms with Crippen LogP contribution in [0.15, 0.2) is 36.7 Å². The molecule has 1 unspecified atom stereocenters. The third kappa shape index (κ3) is 5.46. The third-order valence-electron chi connectivity index (χ3n) is 7.97. The number of piperidine rings is 1. The summed E-state index contributed by atoms with van der Waals surface area (Å²) in [6.07, 6.45) is 5.03. The molecule has 4 aromatic rings. The molecule has 0 aliphatic carbocycles. The van der Waals surface area contributed by atoms with Gasteiger partial charge in [0.1, 0.15) is 12.1 Å². The quantitative estimate of drug-likeness (QED) is 0.360. The number of aryl methyl sites for hydroxylation is 1. The van der Waals surface area contributed by atoms with Crippen LogP contribution in [-0.4, -0.2) is 81.8 Å². The maximum absolute atomic E-state index is 14.7. The molecule has 2 aromatic heterocycles. The number of halogens is 1. The van der Waals surface area contributed by atoms with Gasteiger partial charge in [0.25, 0.3) is 5.91 Å². The third-order valence-corrected chi connectivity index (χ3v) is 7.97. The first-order chi connectivity index (χ1) is 20.2. The molecule has 2 saturated heterocycles. The molecule has 0 saturated carbocycles. The molecule has 0 bridgehead atoms. The van der Waals surface area contributed by atoms with E-state index in [1.165, 1.54) is 10.7 Å². The van der Waals surface area contributed by atoms with Crippen molar-refractivity contribution < 1.29 is 18.7 Å². The molecule has 0 spiro atoms. The standard InChI is InChI=1S/C30H35FN8O3/c1-17-13-39(14-18(2)33-17)25-8-7-22(28(40)34-21-10-20-15-38(4)36-26(20)24(31)11-21)27-23(25)12-32-30(35-27)42-16-19-6-5-9-37(3)29(19)41/h7-8,10-12,15,17-19,33H,5-6,9,13-14,16H2,1-4H3,(H,34,40)/t17-,18+,19?. The Bertz CT molecular complexity index is 1660. The SMILES string of the molecule is C[C@@H]1CN(c2ccc(C(=O)Nc3cc(F)c4nn(C)cc4c3)c3nc(OCC4CCCN(C)C4=O)ncc23)C[C@H](C)N1. The van der Waals surface area contributed by atoms with E-state index in [1.54, 1.807) is 43.5 Å². The molecule has 220 valence electrons. The van der Waals surface area contributed by atoms with Gasteiger partial charge in [0, 0.05) is 80.4 Å². The highest BCUT2D eigenvalue weighted by Crippen LogP contribution is 2.32. The molecule has 0 radical (unpaired) electrons. The summed E-state index contributed by atoms with van der Waals surface area (Å²) in [6.45, 7) is 6.74. The molecular formula is C30H35FN8O3. The highest BCUT2D eigenvalue weighted by Gasteiger charge is 2.28. The van der Waals surface area contributed by atoms with Crippen molar-refractivity contribution in [1.29, 1.82) is 0 Å². The molecular weight excluding hydrogens is 539 g/mol. The Balaban J connectivity index is 1.34. The number of fused-ring (bicyclic) bond motifs is 2. The summed E-state index contributed by atoms with van der Waals surface area (Å²) in [7, 11) is 3.51. The van der Waals surface area contributed by atoms with Crippen molar-refractivity contribution >= 4 is 45.0 Å². The van der Waals surface area contributed by atoms with Crippen LogP contribution in [0.4, 0.5) is 15.8 Å². The number of rotatable bonds is 6. The summed E-state index contributed by atoms with van der Waals surface area (Å²) in [4.78, 5) is 39.3. The maximum Gasteiger partial charge on any atom is 0.316 e. The fourth-order valence-corrected chi connectivity index (χ4v) is 6.07. The van der Waals surface area contributed by atoms with Crippen molar-refractivity contribution in [3.05, 3.63) is 48.0 Å². The summed E-state index contributed by atoms with van der Waals surface area (Å²) in [5.41, 5.74) is 2.19. The predicted octanol–water partition coefficient (Wildman–Crippen LogP) is 3.34. The van der Waals surface area contributed by atoms with Crippen molar-refractivity contribution in [3.63, 3.8) is 0 Å². The molecule has 42 heavy (non-hydrogen) atoms. The van der Waals surface area contributed by atoms with E-state index in [2.05, 4.69) is 44.4 Å². The summed E-state index contributed by atoms with van der Waals surface area (Å²) in [6, 6.07) is 7.24. The van der Waals surface area contributed by atoms with Crippen LogP contribution in [-0.2, 0) is 11.8 Å². The summed E-state index contributed by atoms with van der Waals surface area (Å²) in [5, 5.41) is 11.8. The molecule has 2 amide bonds. The first-order valence-electron chi connectivity index (χ1n) is 14.3. The first-order valence-corrected chi connectivity index (χ1v) is 14.3. The van der Waals surface area contributed by atoms with E-state index in [9.17, 15) is 14.0 Å². The number of piperazine rings is 1. The van der Waals surface area contributed by atoms with E-state index in [4.69, 9.17) is 4.74 Å². The highest BCUT2D eigenvalue weighted by atomic mass is 19.1. The number of carbonyl (C=O) groups is 2. The van der Waals surface area contributed by atoms with Gasteiger partial charge in [-0.05, 0) is 51.0 Å². The Labute approximate surface area is 243 Å². The fourth-order valence-electron chi connectivity index (χ4n) is 6.07. The highest BCUT2D eigenvalue weighted by molar-refractivity contribution is 6.14. The topological polar surface area (TPSA) is 118 Å². The lowest BCUT2D eigenvalue weighted by molar-refractivity contribution is -0.138. The average Bonchev–Trinajstić information content (AvgIpc) is 3.33. The van der Waals surface area contributed by atoms with Crippen molar-refractivity contribution in [3.8, 4) is 6.01 Å². The monoisotopic (exact) mass is 574 g/mol. The number of nitrogens with zero attached hydrogens (tertiary/aromatic N) is 6. The molecule has 12 heteroatoms. The Hall–Kier alpha value is -4.32. The van der Waals surface area contributed by atoms with Crippen molar-refractivity contribution in [1.82, 2.24) is 30.0 Å². The minimum atomic E-state index is -0.522. The van der Waals surface area contributed by atoms with Gasteiger partial charge in [-0.15, -0.1) is 0 Å². The van der Waals surface area contributed by atoms with Gasteiger partial charge in [0.05, 0.1) is 17.0 Å². The minimum absolute atomic E-state index is 0.0455. The normalized spacial score (nSPS) is 21.3. The zero-order chi connectivity index (χ0) is 29.5. The van der Waals surface area contributed by atoms with Crippen LogP contribution >= 0.6 is 0 Å². The second-order valence-corrected chi connectivity index (χ2v) is 11.5. The van der Waals surface area contributed by atoms with Crippen LogP contribution in [0.3, 0.4) is 0 Å². The minimum Gasteiger partial charge on any atom is -0.463 e. The smallest absolute Gasteiger partial charge is 0.316 e. The van der Waals surface area contributed by atoms with Gasteiger partial charge < -0.3 is 25.2 Å². The predicted molar refractivity (Wildman–Crippen MR) is 158 cm³/mol. The lowest BCUT2D eigenvalue weighted by Gasteiger charge is -2.38. The van der Waals surface area contributed by atoms with Gasteiger partial charge >= 0.3 is 6.01 Å². The second kappa shape index (κ2) is 11.2. The van der Waals surface area contributed by atoms with Gasteiger partial charge in [0.2, 0.25) is 5.91 Å². The molecule has 3 atom stereocenters. The second-order valence-electron chi connectivity index (χ2n) is 11.5. The zero-order valence-corrected chi connectivity index (χ0v) is 24.2. The van der Waals surface area contributed by atoms with E-state index >= 15 is 0 Å². The van der Waals surface area contributed by atoms with Crippen molar-refractivity contribution in [2.75, 3.05) is 43.5 Å². The number of anilines is 2. The van der Waals surface area contributed by atoms with Crippen molar-refractivity contribution in [2.24, 2.45) is 13.0 Å². The number of hydrogen-bond acceptors (Lipinski definition) is 8. The molecule has 2 aliphatic heterocycles. The number of likely N-dealkylation sites (tertiary alicyclic amines) is 1. The molecule has 4 heterocycles. The Kier molecular flexibility index (Phi) is 7.40. The largest absolute Gasteiger partial charge is 0.463 e. The summed E-state index contributed by atoms with van der Waals surface area (Å²) in [5.74, 6) is -1.18. The molecule has 11 nitrogen and oxygen atoms in total. The summed E-state index contributed by atoms with van der Waals surface area (Å²) >= 11 is 0. The number of hydrogen-bond donors (Lipinski definition) is 2. The van der Waals surface area contributed by atoms with Gasteiger partial charge in [-0.2, -0.15) is 10.1 Å². The van der Waals surface area contributed by atoms with Gasteiger partial charge in [-0.25, -0.2) is 9.37 Å². The Morgan fingerprint density at radius 3 is 2.74 bits per heavy atom. The number of benzene rings is 2. The number of nitrogens with one attached hydrogen (secondary N) is 2. The Morgan fingerprint density at radius 2 is 1.95 bits per heavy atom. The molecule has 2 aromatic carbocycles. The van der Waals surface area contributed by atoms with Crippen LogP contribution in [0, 0.1) is 11.7 Å². The van der Waals surface area contributed by atoms with Gasteiger partial charge in [0.15, 0.2) is 5.82 Å². The number of amides is 2. The van der Waals surface area contributed by atoms with Crippen molar-refractivity contribution in [2.45, 2.75) is 38.8 Å². The lowest BCUT2D eigenvalue weighted by Crippen LogP contribution is -2.54. The van der Waals surface area contributed by atoms with E-state index in [0.717, 1.165) is 38.2 Å². The maximum atomic E-state index is 14.7. The number of carbonyl (C=O) groups excluding carboxylic acids is 2. The van der Waals surface area contributed by atoms with Crippen LogP contribution in [0.1, 0.15) is 37.0 Å². The molecule has 2 aliphatic rings. The number of aromatic nitrogens is 4. The van der Waals surface area contributed by atoms with Gasteiger partial charge in [-0.3, -0.25) is 14.3 Å². The van der Waals surface area contributed by atoms with Crippen LogP contribution in [0.2, 0.25) is 0 Å². The zero-order valence-electron chi connectivity index (χ0n) is 24.2. The number of ether oxygens (including phenoxy) is 1. The van der Waals surface area contributed by atoms with Crippen LogP contribution < -0.4 is 20.3 Å². The van der Waals surface area contributed by atoms with Gasteiger partial charge in [-0.1, -0.05) is 0 Å². The lowest BCUT2D eigenvalue weighted by atomic mass is 9.98. The molecule has 2 N–H and O–H groups in total. The summed E-state index contributed by atoms with van der Waals surface area (Å²) < 4.78 is 22.2.